The molecule has 0 radical (unpaired) electrons. The first kappa shape index (κ1) is 13.8. The minimum atomic E-state index is -0.274. The van der Waals surface area contributed by atoms with Gasteiger partial charge >= 0.3 is 0 Å². The number of hydrogen-bond donors (Lipinski definition) is 1. The molecule has 1 nitrogen and oxygen atoms in total. The minimum absolute atomic E-state index is 0.246. The van der Waals surface area contributed by atoms with Crippen LogP contribution in [-0.4, -0.2) is 0 Å². The molecule has 0 saturated heterocycles. The highest BCUT2D eigenvalue weighted by atomic mass is 19.1. The zero-order valence-electron chi connectivity index (χ0n) is 11.4. The van der Waals surface area contributed by atoms with Crippen molar-refractivity contribution in [2.24, 2.45) is 11.7 Å². The molecule has 0 aliphatic carbocycles. The molecule has 0 aliphatic rings. The summed E-state index contributed by atoms with van der Waals surface area (Å²) in [4.78, 5) is 0. The molecule has 2 aromatic rings. The van der Waals surface area contributed by atoms with Crippen molar-refractivity contribution in [3.63, 3.8) is 0 Å². The van der Waals surface area contributed by atoms with Gasteiger partial charge in [0.2, 0.25) is 0 Å². The molecule has 0 heterocycles. The highest BCUT2D eigenvalue weighted by molar-refractivity contribution is 5.33. The van der Waals surface area contributed by atoms with Crippen LogP contribution in [0.2, 0.25) is 0 Å². The lowest BCUT2D eigenvalue weighted by Crippen LogP contribution is -2.12. The van der Waals surface area contributed by atoms with E-state index in [2.05, 4.69) is 26.0 Å². The Labute approximate surface area is 114 Å². The maximum atomic E-state index is 13.2. The summed E-state index contributed by atoms with van der Waals surface area (Å²) < 4.78 is 13.2. The lowest BCUT2D eigenvalue weighted by molar-refractivity contribution is 0.623. The number of rotatable bonds is 4. The second-order valence-corrected chi connectivity index (χ2v) is 5.37. The van der Waals surface area contributed by atoms with Crippen LogP contribution >= 0.6 is 0 Å². The van der Waals surface area contributed by atoms with Gasteiger partial charge in [-0.2, -0.15) is 0 Å². The zero-order chi connectivity index (χ0) is 13.8. The third-order valence-corrected chi connectivity index (χ3v) is 3.19. The van der Waals surface area contributed by atoms with Gasteiger partial charge in [0.1, 0.15) is 5.82 Å². The van der Waals surface area contributed by atoms with Gasteiger partial charge < -0.3 is 5.73 Å². The average Bonchev–Trinajstić information content (AvgIpc) is 2.38. The van der Waals surface area contributed by atoms with Crippen LogP contribution in [0, 0.1) is 11.7 Å². The van der Waals surface area contributed by atoms with Crippen molar-refractivity contribution in [3.05, 3.63) is 71.0 Å². The molecule has 0 aliphatic heterocycles. The van der Waals surface area contributed by atoms with Crippen LogP contribution in [-0.2, 0) is 6.42 Å². The molecular weight excluding hydrogens is 237 g/mol. The predicted molar refractivity (Wildman–Crippen MR) is 77.4 cm³/mol. The lowest BCUT2D eigenvalue weighted by Gasteiger charge is -2.13. The second-order valence-electron chi connectivity index (χ2n) is 5.37. The van der Waals surface area contributed by atoms with Crippen molar-refractivity contribution in [3.8, 4) is 0 Å². The highest BCUT2D eigenvalue weighted by Crippen LogP contribution is 2.21. The molecule has 1 atom stereocenters. The number of halogens is 1. The van der Waals surface area contributed by atoms with Gasteiger partial charge in [-0.25, -0.2) is 4.39 Å². The summed E-state index contributed by atoms with van der Waals surface area (Å²) in [5.74, 6) is 0.395. The zero-order valence-corrected chi connectivity index (χ0v) is 11.4. The Kier molecular flexibility index (Phi) is 4.33. The SMILES string of the molecule is CC(C)Cc1ccc(C(N)c2cccc(F)c2)cc1. The van der Waals surface area contributed by atoms with Gasteiger partial charge in [0.05, 0.1) is 6.04 Å². The predicted octanol–water partition coefficient (Wildman–Crippen LogP) is 4.07. The Hall–Kier alpha value is -1.67. The largest absolute Gasteiger partial charge is 0.320 e. The normalized spacial score (nSPS) is 12.7. The van der Waals surface area contributed by atoms with Crippen LogP contribution in [0.5, 0.6) is 0 Å². The maximum Gasteiger partial charge on any atom is 0.123 e. The smallest absolute Gasteiger partial charge is 0.123 e. The number of nitrogens with two attached hydrogens (primary N) is 1. The van der Waals surface area contributed by atoms with Crippen LogP contribution in [0.1, 0.15) is 36.6 Å². The average molecular weight is 257 g/mol. The molecule has 2 aromatic carbocycles. The fourth-order valence-corrected chi connectivity index (χ4v) is 2.22. The van der Waals surface area contributed by atoms with E-state index in [1.54, 1.807) is 6.07 Å². The summed E-state index contributed by atoms with van der Waals surface area (Å²) in [6.45, 7) is 4.40. The van der Waals surface area contributed by atoms with E-state index >= 15 is 0 Å². The molecule has 0 spiro atoms. The molecule has 2 rings (SSSR count). The van der Waals surface area contributed by atoms with Gasteiger partial charge in [-0.05, 0) is 41.2 Å². The first-order valence-corrected chi connectivity index (χ1v) is 6.66. The van der Waals surface area contributed by atoms with Gasteiger partial charge in [0.25, 0.3) is 0 Å². The Balaban J connectivity index is 2.17. The van der Waals surface area contributed by atoms with Crippen molar-refractivity contribution in [2.45, 2.75) is 26.3 Å². The van der Waals surface area contributed by atoms with E-state index < -0.39 is 0 Å². The fraction of sp³-hybridized carbons (Fsp3) is 0.294. The van der Waals surface area contributed by atoms with E-state index in [0.717, 1.165) is 17.5 Å². The first-order chi connectivity index (χ1) is 9.06. The van der Waals surface area contributed by atoms with Gasteiger partial charge in [0.15, 0.2) is 0 Å². The molecule has 0 aromatic heterocycles. The number of benzene rings is 2. The Morgan fingerprint density at radius 2 is 1.68 bits per heavy atom. The molecular formula is C17H20FN. The van der Waals surface area contributed by atoms with Crippen molar-refractivity contribution in [1.82, 2.24) is 0 Å². The third-order valence-electron chi connectivity index (χ3n) is 3.19. The molecule has 2 heteroatoms. The molecule has 1 unspecified atom stereocenters. The highest BCUT2D eigenvalue weighted by Gasteiger charge is 2.09. The topological polar surface area (TPSA) is 26.0 Å². The van der Waals surface area contributed by atoms with Crippen molar-refractivity contribution in [2.75, 3.05) is 0 Å². The van der Waals surface area contributed by atoms with E-state index in [-0.39, 0.29) is 11.9 Å². The van der Waals surface area contributed by atoms with E-state index in [1.807, 2.05) is 18.2 Å². The molecule has 19 heavy (non-hydrogen) atoms. The summed E-state index contributed by atoms with van der Waals surface area (Å²) in [7, 11) is 0. The van der Waals surface area contributed by atoms with Crippen LogP contribution in [0.3, 0.4) is 0 Å². The van der Waals surface area contributed by atoms with Gasteiger partial charge in [-0.3, -0.25) is 0 Å². The first-order valence-electron chi connectivity index (χ1n) is 6.66. The molecule has 0 fully saturated rings. The third kappa shape index (κ3) is 3.65. The van der Waals surface area contributed by atoms with Gasteiger partial charge in [-0.1, -0.05) is 50.2 Å². The minimum Gasteiger partial charge on any atom is -0.320 e. The van der Waals surface area contributed by atoms with E-state index in [4.69, 9.17) is 5.73 Å². The fourth-order valence-electron chi connectivity index (χ4n) is 2.22. The Morgan fingerprint density at radius 1 is 1.00 bits per heavy atom. The van der Waals surface area contributed by atoms with Crippen LogP contribution in [0.15, 0.2) is 48.5 Å². The van der Waals surface area contributed by atoms with Crippen LogP contribution in [0.4, 0.5) is 4.39 Å². The molecule has 0 bridgehead atoms. The summed E-state index contributed by atoms with van der Waals surface area (Å²) in [6, 6.07) is 14.5. The van der Waals surface area contributed by atoms with Gasteiger partial charge in [0, 0.05) is 0 Å². The van der Waals surface area contributed by atoms with E-state index in [9.17, 15) is 4.39 Å². The lowest BCUT2D eigenvalue weighted by atomic mass is 9.96. The summed E-state index contributed by atoms with van der Waals surface area (Å²) >= 11 is 0. The molecule has 100 valence electrons. The molecule has 0 amide bonds. The van der Waals surface area contributed by atoms with E-state index in [1.165, 1.54) is 17.7 Å². The number of hydrogen-bond acceptors (Lipinski definition) is 1. The standard InChI is InChI=1S/C17H20FN/c1-12(2)10-13-6-8-14(9-7-13)17(19)15-4-3-5-16(18)11-15/h3-9,11-12,17H,10,19H2,1-2H3. The summed E-state index contributed by atoms with van der Waals surface area (Å²) in [6.07, 6.45) is 1.06. The Bertz CT molecular complexity index is 531. The van der Waals surface area contributed by atoms with E-state index in [0.29, 0.717) is 5.92 Å². The quantitative estimate of drug-likeness (QED) is 0.877. The molecule has 0 saturated carbocycles. The monoisotopic (exact) mass is 257 g/mol. The van der Waals surface area contributed by atoms with Crippen molar-refractivity contribution >= 4 is 0 Å². The van der Waals surface area contributed by atoms with Crippen LogP contribution in [0.25, 0.3) is 0 Å². The Morgan fingerprint density at radius 3 is 2.26 bits per heavy atom. The van der Waals surface area contributed by atoms with Crippen LogP contribution < -0.4 is 5.73 Å². The summed E-state index contributed by atoms with van der Waals surface area (Å²) in [5, 5.41) is 0. The van der Waals surface area contributed by atoms with Crippen molar-refractivity contribution in [1.29, 1.82) is 0 Å². The maximum absolute atomic E-state index is 13.2. The van der Waals surface area contributed by atoms with Crippen molar-refractivity contribution < 1.29 is 4.39 Å². The second kappa shape index (κ2) is 5.98. The van der Waals surface area contributed by atoms with Gasteiger partial charge in [-0.15, -0.1) is 0 Å². The molecule has 2 N–H and O–H groups in total. The summed E-state index contributed by atoms with van der Waals surface area (Å²) in [5.41, 5.74) is 9.29.